The van der Waals surface area contributed by atoms with Crippen LogP contribution in [0.3, 0.4) is 0 Å². The first kappa shape index (κ1) is 10.6. The number of hydrogen-bond acceptors (Lipinski definition) is 1. The Hall–Kier alpha value is -2.28. The molecule has 0 unspecified atom stereocenters. The van der Waals surface area contributed by atoms with Gasteiger partial charge in [-0.05, 0) is 36.6 Å². The van der Waals surface area contributed by atoms with Gasteiger partial charge in [0.15, 0.2) is 0 Å². The van der Waals surface area contributed by atoms with Crippen molar-refractivity contribution >= 4 is 11.1 Å². The summed E-state index contributed by atoms with van der Waals surface area (Å²) >= 11 is 0. The van der Waals surface area contributed by atoms with Gasteiger partial charge in [-0.1, -0.05) is 48.0 Å². The van der Waals surface area contributed by atoms with Crippen molar-refractivity contribution < 1.29 is 4.74 Å². The molecule has 1 aliphatic carbocycles. The second-order valence-electron chi connectivity index (χ2n) is 5.07. The zero-order valence-electron chi connectivity index (χ0n) is 10.8. The van der Waals surface area contributed by atoms with Crippen LogP contribution in [0.15, 0.2) is 60.2 Å². The maximum atomic E-state index is 6.11. The highest BCUT2D eigenvalue weighted by molar-refractivity contribution is 6.11. The minimum atomic E-state index is 0.950. The molecule has 19 heavy (non-hydrogen) atoms. The number of ether oxygens (including phenoxy) is 1. The van der Waals surface area contributed by atoms with Crippen molar-refractivity contribution in [3.05, 3.63) is 71.3 Å². The largest absolute Gasteiger partial charge is 0.456 e. The van der Waals surface area contributed by atoms with E-state index in [1.807, 2.05) is 24.3 Å². The molecule has 1 nitrogen and oxygen atoms in total. The molecule has 0 bridgehead atoms. The lowest BCUT2D eigenvalue weighted by molar-refractivity contribution is 0.481. The summed E-state index contributed by atoms with van der Waals surface area (Å²) in [6.45, 7) is 2.21. The summed E-state index contributed by atoms with van der Waals surface area (Å²) < 4.78 is 6.11. The Morgan fingerprint density at radius 1 is 0.842 bits per heavy atom. The van der Waals surface area contributed by atoms with Crippen LogP contribution in [0.1, 0.15) is 24.5 Å². The van der Waals surface area contributed by atoms with Crippen LogP contribution in [-0.4, -0.2) is 0 Å². The van der Waals surface area contributed by atoms with E-state index in [0.717, 1.165) is 17.9 Å². The van der Waals surface area contributed by atoms with Crippen LogP contribution in [0.5, 0.6) is 11.5 Å². The average Bonchev–Trinajstić information content (AvgIpc) is 2.75. The first-order chi connectivity index (χ1) is 9.34. The summed E-state index contributed by atoms with van der Waals surface area (Å²) in [5.41, 5.74) is 6.49. The predicted octanol–water partition coefficient (Wildman–Crippen LogP) is 5.05. The standard InChI is InChI=1S/C18H14O/c1-12-10-11-14-13-6-2-4-8-16(13)19-17-9-5-3-7-15(17)18(12)14/h2-9,11H,10H2,1H3. The summed E-state index contributed by atoms with van der Waals surface area (Å²) in [4.78, 5) is 0. The van der Waals surface area contributed by atoms with E-state index in [4.69, 9.17) is 4.74 Å². The van der Waals surface area contributed by atoms with E-state index < -0.39 is 0 Å². The molecule has 2 aromatic rings. The minimum absolute atomic E-state index is 0.950. The number of allylic oxidation sites excluding steroid dienone is 4. The first-order valence-corrected chi connectivity index (χ1v) is 6.61. The molecule has 0 fully saturated rings. The van der Waals surface area contributed by atoms with Gasteiger partial charge in [-0.3, -0.25) is 0 Å². The van der Waals surface area contributed by atoms with Gasteiger partial charge in [0.05, 0.1) is 0 Å². The molecule has 0 N–H and O–H groups in total. The predicted molar refractivity (Wildman–Crippen MR) is 78.1 cm³/mol. The average molecular weight is 246 g/mol. The highest BCUT2D eigenvalue weighted by atomic mass is 16.5. The summed E-state index contributed by atoms with van der Waals surface area (Å²) in [6, 6.07) is 16.6. The van der Waals surface area contributed by atoms with Crippen molar-refractivity contribution in [1.29, 1.82) is 0 Å². The molecule has 0 saturated carbocycles. The zero-order chi connectivity index (χ0) is 12.8. The van der Waals surface area contributed by atoms with Crippen LogP contribution in [0.25, 0.3) is 11.1 Å². The molecular weight excluding hydrogens is 232 g/mol. The van der Waals surface area contributed by atoms with Crippen molar-refractivity contribution in [1.82, 2.24) is 0 Å². The Bertz CT molecular complexity index is 735. The van der Waals surface area contributed by atoms with Crippen molar-refractivity contribution in [2.45, 2.75) is 13.3 Å². The maximum absolute atomic E-state index is 6.11. The Morgan fingerprint density at radius 3 is 2.26 bits per heavy atom. The van der Waals surface area contributed by atoms with Gasteiger partial charge < -0.3 is 4.74 Å². The number of rotatable bonds is 0. The van der Waals surface area contributed by atoms with Crippen molar-refractivity contribution in [3.63, 3.8) is 0 Å². The molecule has 2 aliphatic rings. The quantitative estimate of drug-likeness (QED) is 0.631. The van der Waals surface area contributed by atoms with E-state index in [1.54, 1.807) is 0 Å². The highest BCUT2D eigenvalue weighted by Gasteiger charge is 2.26. The van der Waals surface area contributed by atoms with E-state index in [9.17, 15) is 0 Å². The minimum Gasteiger partial charge on any atom is -0.456 e. The smallest absolute Gasteiger partial charge is 0.135 e. The summed E-state index contributed by atoms with van der Waals surface area (Å²) in [5, 5.41) is 0. The molecule has 0 amide bonds. The van der Waals surface area contributed by atoms with Gasteiger partial charge in [-0.25, -0.2) is 0 Å². The normalized spacial score (nSPS) is 15.9. The van der Waals surface area contributed by atoms with Crippen molar-refractivity contribution in [2.75, 3.05) is 0 Å². The molecule has 0 radical (unpaired) electrons. The molecule has 0 saturated heterocycles. The van der Waals surface area contributed by atoms with E-state index in [0.29, 0.717) is 0 Å². The van der Waals surface area contributed by atoms with E-state index >= 15 is 0 Å². The first-order valence-electron chi connectivity index (χ1n) is 6.61. The van der Waals surface area contributed by atoms with Crippen molar-refractivity contribution in [2.24, 2.45) is 0 Å². The van der Waals surface area contributed by atoms with E-state index in [-0.39, 0.29) is 0 Å². The third kappa shape index (κ3) is 1.48. The topological polar surface area (TPSA) is 9.23 Å². The number of hydrogen-bond donors (Lipinski definition) is 0. The Balaban J connectivity index is 2.08. The zero-order valence-corrected chi connectivity index (χ0v) is 10.8. The van der Waals surface area contributed by atoms with Gasteiger partial charge in [0, 0.05) is 11.1 Å². The van der Waals surface area contributed by atoms with Crippen LogP contribution in [-0.2, 0) is 0 Å². The molecule has 0 atom stereocenters. The summed E-state index contributed by atoms with van der Waals surface area (Å²) in [7, 11) is 0. The molecule has 4 rings (SSSR count). The Labute approximate surface area is 112 Å². The van der Waals surface area contributed by atoms with E-state index in [1.165, 1.54) is 27.8 Å². The summed E-state index contributed by atoms with van der Waals surface area (Å²) in [6.07, 6.45) is 3.35. The lowest BCUT2D eigenvalue weighted by atomic mass is 9.93. The van der Waals surface area contributed by atoms with Gasteiger partial charge >= 0.3 is 0 Å². The molecule has 1 aliphatic heterocycles. The van der Waals surface area contributed by atoms with Crippen LogP contribution in [0, 0.1) is 0 Å². The monoisotopic (exact) mass is 246 g/mol. The fourth-order valence-corrected chi connectivity index (χ4v) is 2.97. The van der Waals surface area contributed by atoms with Gasteiger partial charge in [0.25, 0.3) is 0 Å². The number of benzene rings is 2. The number of para-hydroxylation sites is 2. The van der Waals surface area contributed by atoms with Gasteiger partial charge in [0.1, 0.15) is 11.5 Å². The number of fused-ring (bicyclic) bond motifs is 5. The van der Waals surface area contributed by atoms with Crippen LogP contribution >= 0.6 is 0 Å². The Morgan fingerprint density at radius 2 is 1.47 bits per heavy atom. The highest BCUT2D eigenvalue weighted by Crippen LogP contribution is 2.49. The SMILES string of the molecule is CC1=C2C(=CC1)c1ccccc1Oc1ccccc12. The summed E-state index contributed by atoms with van der Waals surface area (Å²) in [5.74, 6) is 1.90. The molecule has 92 valence electrons. The lowest BCUT2D eigenvalue weighted by Gasteiger charge is -2.09. The Kier molecular flexibility index (Phi) is 2.16. The molecule has 2 aromatic carbocycles. The second kappa shape index (κ2) is 3.86. The molecule has 1 heteroatoms. The third-order valence-electron chi connectivity index (χ3n) is 3.86. The van der Waals surface area contributed by atoms with Crippen LogP contribution in [0.4, 0.5) is 0 Å². The van der Waals surface area contributed by atoms with E-state index in [2.05, 4.69) is 37.3 Å². The fourth-order valence-electron chi connectivity index (χ4n) is 2.97. The third-order valence-corrected chi connectivity index (χ3v) is 3.86. The van der Waals surface area contributed by atoms with Crippen molar-refractivity contribution in [3.8, 4) is 11.5 Å². The maximum Gasteiger partial charge on any atom is 0.135 e. The van der Waals surface area contributed by atoms with Gasteiger partial charge in [-0.15, -0.1) is 0 Å². The molecule has 0 aromatic heterocycles. The van der Waals surface area contributed by atoms with Crippen LogP contribution in [0.2, 0.25) is 0 Å². The lowest BCUT2D eigenvalue weighted by Crippen LogP contribution is -1.87. The fraction of sp³-hybridized carbons (Fsp3) is 0.111. The molecular formula is C18H14O. The molecule has 1 heterocycles. The van der Waals surface area contributed by atoms with Crippen LogP contribution < -0.4 is 4.74 Å². The van der Waals surface area contributed by atoms with Gasteiger partial charge in [-0.2, -0.15) is 0 Å². The molecule has 0 spiro atoms. The second-order valence-corrected chi connectivity index (χ2v) is 5.07. The van der Waals surface area contributed by atoms with Gasteiger partial charge in [0.2, 0.25) is 0 Å².